The fraction of sp³-hybridized carbons (Fsp3) is 0.571. The molecule has 1 unspecified atom stereocenters. The van der Waals surface area contributed by atoms with Crippen molar-refractivity contribution in [3.63, 3.8) is 0 Å². The Morgan fingerprint density at radius 1 is 1.44 bits per heavy atom. The first-order chi connectivity index (χ1) is 8.41. The van der Waals surface area contributed by atoms with Crippen molar-refractivity contribution < 1.29 is 4.79 Å². The van der Waals surface area contributed by atoms with Gasteiger partial charge in [0.15, 0.2) is 0 Å². The number of hydrogen-bond donors (Lipinski definition) is 1. The van der Waals surface area contributed by atoms with E-state index in [1.54, 1.807) is 0 Å². The molecular weight excluding hydrogens is 248 g/mol. The normalized spacial score (nSPS) is 14.1. The van der Waals surface area contributed by atoms with Gasteiger partial charge >= 0.3 is 0 Å². The lowest BCUT2D eigenvalue weighted by molar-refractivity contribution is 0.0900. The van der Waals surface area contributed by atoms with Gasteiger partial charge in [-0.05, 0) is 45.7 Å². The molecule has 1 amide bonds. The number of nitrogens with one attached hydrogen (secondary N) is 1. The fourth-order valence-corrected chi connectivity index (χ4v) is 2.22. The van der Waals surface area contributed by atoms with Crippen molar-refractivity contribution in [2.75, 3.05) is 5.88 Å². The smallest absolute Gasteiger partial charge is 0.253 e. The van der Waals surface area contributed by atoms with Crippen molar-refractivity contribution >= 4 is 17.5 Å². The van der Waals surface area contributed by atoms with Crippen LogP contribution in [0.2, 0.25) is 0 Å². The zero-order valence-electron chi connectivity index (χ0n) is 11.5. The van der Waals surface area contributed by atoms with Gasteiger partial charge in [-0.1, -0.05) is 6.92 Å². The van der Waals surface area contributed by atoms with Gasteiger partial charge in [-0.25, -0.2) is 0 Å². The van der Waals surface area contributed by atoms with E-state index in [1.165, 1.54) is 0 Å². The molecule has 0 aliphatic carbocycles. The van der Waals surface area contributed by atoms with Crippen LogP contribution in [0.15, 0.2) is 12.1 Å². The van der Waals surface area contributed by atoms with Crippen LogP contribution in [0.5, 0.6) is 0 Å². The maximum atomic E-state index is 12.2. The Bertz CT molecular complexity index is 434. The lowest BCUT2D eigenvalue weighted by atomic mass is 9.95. The van der Waals surface area contributed by atoms with Gasteiger partial charge in [0, 0.05) is 17.1 Å². The zero-order chi connectivity index (χ0) is 13.8. The van der Waals surface area contributed by atoms with E-state index in [-0.39, 0.29) is 11.4 Å². The van der Waals surface area contributed by atoms with Gasteiger partial charge in [-0.3, -0.25) is 9.78 Å². The highest BCUT2D eigenvalue weighted by molar-refractivity contribution is 6.17. The Morgan fingerprint density at radius 3 is 2.61 bits per heavy atom. The largest absolute Gasteiger partial charge is 0.347 e. The zero-order valence-corrected chi connectivity index (χ0v) is 12.3. The quantitative estimate of drug-likeness (QED) is 0.833. The molecule has 100 valence electrons. The van der Waals surface area contributed by atoms with E-state index in [9.17, 15) is 4.79 Å². The Balaban J connectivity index is 2.87. The maximum absolute atomic E-state index is 12.2. The molecule has 1 heterocycles. The molecule has 0 saturated heterocycles. The lowest BCUT2D eigenvalue weighted by Crippen LogP contribution is -2.46. The van der Waals surface area contributed by atoms with Crippen molar-refractivity contribution in [2.24, 2.45) is 0 Å². The van der Waals surface area contributed by atoms with E-state index >= 15 is 0 Å². The van der Waals surface area contributed by atoms with Gasteiger partial charge < -0.3 is 5.32 Å². The number of amides is 1. The molecule has 1 aromatic heterocycles. The molecule has 1 N–H and O–H groups in total. The van der Waals surface area contributed by atoms with E-state index in [4.69, 9.17) is 11.6 Å². The van der Waals surface area contributed by atoms with Crippen LogP contribution in [-0.2, 0) is 0 Å². The molecule has 18 heavy (non-hydrogen) atoms. The standard InChI is InChI=1S/C14H21ClN2O/c1-5-14(4,8-9-15)17-13(18)12-7-6-10(2)16-11(12)3/h6-7H,5,8-9H2,1-4H3,(H,17,18). The van der Waals surface area contributed by atoms with Crippen LogP contribution in [0.1, 0.15) is 48.4 Å². The third-order valence-electron chi connectivity index (χ3n) is 3.31. The summed E-state index contributed by atoms with van der Waals surface area (Å²) in [5.41, 5.74) is 2.06. The second-order valence-corrected chi connectivity index (χ2v) is 5.27. The Labute approximate surface area is 114 Å². The summed E-state index contributed by atoms with van der Waals surface area (Å²) in [6.45, 7) is 7.84. The first kappa shape index (κ1) is 15.0. The Hall–Kier alpha value is -1.09. The molecule has 0 saturated carbocycles. The van der Waals surface area contributed by atoms with Crippen LogP contribution in [0.3, 0.4) is 0 Å². The van der Waals surface area contributed by atoms with Crippen molar-refractivity contribution in [2.45, 2.75) is 46.1 Å². The number of halogens is 1. The van der Waals surface area contributed by atoms with Gasteiger partial charge in [0.25, 0.3) is 5.91 Å². The molecular formula is C14H21ClN2O. The highest BCUT2D eigenvalue weighted by Crippen LogP contribution is 2.17. The third kappa shape index (κ3) is 3.70. The molecule has 1 atom stereocenters. The minimum Gasteiger partial charge on any atom is -0.347 e. The summed E-state index contributed by atoms with van der Waals surface area (Å²) in [4.78, 5) is 16.5. The first-order valence-corrected chi connectivity index (χ1v) is 6.78. The van der Waals surface area contributed by atoms with E-state index in [1.807, 2.05) is 39.8 Å². The third-order valence-corrected chi connectivity index (χ3v) is 3.50. The molecule has 0 bridgehead atoms. The highest BCUT2D eigenvalue weighted by atomic mass is 35.5. The molecule has 1 aromatic rings. The topological polar surface area (TPSA) is 42.0 Å². The SMILES string of the molecule is CCC(C)(CCCl)NC(=O)c1ccc(C)nc1C. The summed E-state index contributed by atoms with van der Waals surface area (Å²) in [5.74, 6) is 0.463. The number of aromatic nitrogens is 1. The van der Waals surface area contributed by atoms with Crippen LogP contribution >= 0.6 is 11.6 Å². The molecule has 3 nitrogen and oxygen atoms in total. The average Bonchev–Trinajstić information content (AvgIpc) is 2.28. The molecule has 0 fully saturated rings. The van der Waals surface area contributed by atoms with Gasteiger partial charge in [0.05, 0.1) is 11.3 Å². The number of carbonyl (C=O) groups is 1. The minimum absolute atomic E-state index is 0.0746. The number of pyridine rings is 1. The molecule has 1 rings (SSSR count). The van der Waals surface area contributed by atoms with Gasteiger partial charge in [0.1, 0.15) is 0 Å². The fourth-order valence-electron chi connectivity index (χ4n) is 1.80. The second-order valence-electron chi connectivity index (χ2n) is 4.89. The monoisotopic (exact) mass is 268 g/mol. The first-order valence-electron chi connectivity index (χ1n) is 6.24. The predicted molar refractivity (Wildman–Crippen MR) is 75.2 cm³/mol. The number of nitrogens with zero attached hydrogens (tertiary/aromatic N) is 1. The van der Waals surface area contributed by atoms with E-state index in [0.29, 0.717) is 11.4 Å². The minimum atomic E-state index is -0.254. The van der Waals surface area contributed by atoms with E-state index in [0.717, 1.165) is 24.2 Å². The highest BCUT2D eigenvalue weighted by Gasteiger charge is 2.24. The summed E-state index contributed by atoms with van der Waals surface area (Å²) in [6, 6.07) is 3.68. The summed E-state index contributed by atoms with van der Waals surface area (Å²) < 4.78 is 0. The summed E-state index contributed by atoms with van der Waals surface area (Å²) in [5, 5.41) is 3.06. The summed E-state index contributed by atoms with van der Waals surface area (Å²) in [6.07, 6.45) is 1.61. The Morgan fingerprint density at radius 2 is 2.11 bits per heavy atom. The number of carbonyl (C=O) groups excluding carboxylic acids is 1. The van der Waals surface area contributed by atoms with E-state index in [2.05, 4.69) is 10.3 Å². The number of rotatable bonds is 5. The summed E-state index contributed by atoms with van der Waals surface area (Å²) in [7, 11) is 0. The number of aryl methyl sites for hydroxylation is 2. The van der Waals surface area contributed by atoms with Crippen molar-refractivity contribution in [3.05, 3.63) is 29.1 Å². The average molecular weight is 269 g/mol. The molecule has 4 heteroatoms. The Kier molecular flexibility index (Phi) is 5.15. The lowest BCUT2D eigenvalue weighted by Gasteiger charge is -2.29. The molecule has 0 aromatic carbocycles. The van der Waals surface area contributed by atoms with Crippen LogP contribution in [-0.4, -0.2) is 22.3 Å². The predicted octanol–water partition coefficient (Wildman–Crippen LogP) is 3.23. The maximum Gasteiger partial charge on any atom is 0.253 e. The van der Waals surface area contributed by atoms with Crippen LogP contribution in [0, 0.1) is 13.8 Å². The molecule has 0 spiro atoms. The number of hydrogen-bond acceptors (Lipinski definition) is 2. The van der Waals surface area contributed by atoms with Crippen molar-refractivity contribution in [1.82, 2.24) is 10.3 Å². The second kappa shape index (κ2) is 6.19. The van der Waals surface area contributed by atoms with Gasteiger partial charge in [-0.2, -0.15) is 0 Å². The van der Waals surface area contributed by atoms with Crippen LogP contribution in [0.25, 0.3) is 0 Å². The summed E-state index contributed by atoms with van der Waals surface area (Å²) >= 11 is 5.78. The van der Waals surface area contributed by atoms with Gasteiger partial charge in [0.2, 0.25) is 0 Å². The van der Waals surface area contributed by atoms with Crippen LogP contribution in [0.4, 0.5) is 0 Å². The van der Waals surface area contributed by atoms with Gasteiger partial charge in [-0.15, -0.1) is 11.6 Å². The van der Waals surface area contributed by atoms with Crippen molar-refractivity contribution in [3.8, 4) is 0 Å². The molecule has 0 aliphatic heterocycles. The van der Waals surface area contributed by atoms with Crippen LogP contribution < -0.4 is 5.32 Å². The number of alkyl halides is 1. The van der Waals surface area contributed by atoms with Crippen molar-refractivity contribution in [1.29, 1.82) is 0 Å². The van der Waals surface area contributed by atoms with E-state index < -0.39 is 0 Å². The molecule has 0 aliphatic rings. The molecule has 0 radical (unpaired) electrons.